The Hall–Kier alpha value is -1.75. The predicted molar refractivity (Wildman–Crippen MR) is 86.4 cm³/mol. The molecule has 1 heterocycles. The van der Waals surface area contributed by atoms with Gasteiger partial charge in [0.1, 0.15) is 5.75 Å². The fourth-order valence-corrected chi connectivity index (χ4v) is 3.46. The molecule has 0 spiro atoms. The molecular formula is C16H18N2O2S. The Morgan fingerprint density at radius 1 is 1.38 bits per heavy atom. The van der Waals surface area contributed by atoms with Crippen LogP contribution in [-0.4, -0.2) is 24.2 Å². The maximum absolute atomic E-state index is 12.0. The van der Waals surface area contributed by atoms with Crippen LogP contribution in [0.5, 0.6) is 5.75 Å². The summed E-state index contributed by atoms with van der Waals surface area (Å²) < 4.78 is 5.20. The Morgan fingerprint density at radius 2 is 2.19 bits per heavy atom. The number of nitrogens with zero attached hydrogens (tertiary/aromatic N) is 1. The minimum absolute atomic E-state index is 0.0698. The number of thioether (sulfide) groups is 1. The summed E-state index contributed by atoms with van der Waals surface area (Å²) in [7, 11) is 1.63. The fourth-order valence-electron chi connectivity index (χ4n) is 2.57. The Bertz CT molecular complexity index is 604. The number of hydrogen-bond donors (Lipinski definition) is 1. The quantitative estimate of drug-likeness (QED) is 0.872. The molecule has 1 saturated carbocycles. The first-order chi connectivity index (χ1) is 10.2. The van der Waals surface area contributed by atoms with Crippen molar-refractivity contribution in [1.29, 1.82) is 0 Å². The Morgan fingerprint density at radius 3 is 2.95 bits per heavy atom. The molecule has 0 bridgehead atoms. The van der Waals surface area contributed by atoms with Gasteiger partial charge in [0.2, 0.25) is 0 Å². The Kier molecular flexibility index (Phi) is 4.29. The topological polar surface area (TPSA) is 50.7 Å². The highest BCUT2D eigenvalue weighted by Gasteiger charge is 2.25. The van der Waals surface area contributed by atoms with E-state index in [1.54, 1.807) is 7.11 Å². The summed E-state index contributed by atoms with van der Waals surface area (Å²) in [5.74, 6) is 0.715. The van der Waals surface area contributed by atoms with Gasteiger partial charge in [0.05, 0.1) is 18.1 Å². The molecule has 1 aliphatic carbocycles. The van der Waals surface area contributed by atoms with Gasteiger partial charge in [0.15, 0.2) is 5.17 Å². The van der Waals surface area contributed by atoms with E-state index in [9.17, 15) is 4.79 Å². The lowest BCUT2D eigenvalue weighted by Gasteiger charge is -2.02. The van der Waals surface area contributed by atoms with E-state index >= 15 is 0 Å². The Balaban J connectivity index is 1.76. The second kappa shape index (κ2) is 6.35. The van der Waals surface area contributed by atoms with Crippen LogP contribution in [0.3, 0.4) is 0 Å². The molecule has 1 aliphatic heterocycles. The van der Waals surface area contributed by atoms with Gasteiger partial charge >= 0.3 is 0 Å². The fraction of sp³-hybridized carbons (Fsp3) is 0.375. The molecule has 0 atom stereocenters. The molecule has 21 heavy (non-hydrogen) atoms. The first-order valence-corrected chi connectivity index (χ1v) is 7.99. The van der Waals surface area contributed by atoms with E-state index in [4.69, 9.17) is 4.74 Å². The number of amidine groups is 1. The lowest BCUT2D eigenvalue weighted by atomic mass is 10.2. The van der Waals surface area contributed by atoms with E-state index in [1.807, 2.05) is 30.3 Å². The van der Waals surface area contributed by atoms with Crippen molar-refractivity contribution in [3.63, 3.8) is 0 Å². The molecular weight excluding hydrogens is 284 g/mol. The number of nitrogens with one attached hydrogen (secondary N) is 1. The Labute approximate surface area is 128 Å². The first kappa shape index (κ1) is 14.2. The van der Waals surface area contributed by atoms with Crippen LogP contribution in [0.15, 0.2) is 34.2 Å². The number of hydrogen-bond acceptors (Lipinski definition) is 4. The number of ether oxygens (including phenoxy) is 1. The molecule has 1 N–H and O–H groups in total. The van der Waals surface area contributed by atoms with Crippen LogP contribution in [-0.2, 0) is 4.79 Å². The number of rotatable bonds is 3. The number of amides is 1. The van der Waals surface area contributed by atoms with Gasteiger partial charge in [0, 0.05) is 0 Å². The maximum Gasteiger partial charge on any atom is 0.264 e. The van der Waals surface area contributed by atoms with E-state index in [1.165, 1.54) is 24.6 Å². The number of carbonyl (C=O) groups excluding carboxylic acids is 1. The van der Waals surface area contributed by atoms with E-state index in [0.717, 1.165) is 29.3 Å². The van der Waals surface area contributed by atoms with Crippen molar-refractivity contribution in [1.82, 2.24) is 5.32 Å². The van der Waals surface area contributed by atoms with Crippen LogP contribution in [0.2, 0.25) is 0 Å². The van der Waals surface area contributed by atoms with Gasteiger partial charge in [-0.05, 0) is 48.4 Å². The monoisotopic (exact) mass is 302 g/mol. The maximum atomic E-state index is 12.0. The van der Waals surface area contributed by atoms with E-state index in [2.05, 4.69) is 10.3 Å². The lowest BCUT2D eigenvalue weighted by Crippen LogP contribution is -2.21. The minimum atomic E-state index is -0.0698. The summed E-state index contributed by atoms with van der Waals surface area (Å²) in [6, 6.07) is 8.04. The molecule has 1 amide bonds. The van der Waals surface area contributed by atoms with Crippen LogP contribution in [0.1, 0.15) is 31.2 Å². The number of benzene rings is 1. The zero-order valence-electron chi connectivity index (χ0n) is 12.0. The molecule has 1 saturated heterocycles. The zero-order chi connectivity index (χ0) is 14.7. The largest absolute Gasteiger partial charge is 0.497 e. The van der Waals surface area contributed by atoms with Gasteiger partial charge < -0.3 is 10.1 Å². The molecule has 1 aromatic rings. The second-order valence-corrected chi connectivity index (χ2v) is 6.24. The molecule has 3 rings (SSSR count). The zero-order valence-corrected chi connectivity index (χ0v) is 12.8. The van der Waals surface area contributed by atoms with Crippen LogP contribution in [0, 0.1) is 0 Å². The highest BCUT2D eigenvalue weighted by atomic mass is 32.2. The summed E-state index contributed by atoms with van der Waals surface area (Å²) in [6.07, 6.45) is 6.63. The van der Waals surface area contributed by atoms with Crippen molar-refractivity contribution in [2.45, 2.75) is 31.7 Å². The molecule has 4 nitrogen and oxygen atoms in total. The van der Waals surface area contributed by atoms with E-state index < -0.39 is 0 Å². The standard InChI is InChI=1S/C16H18N2O2S/c1-20-13-8-4-5-11(9-13)10-14-15(19)18-16(21-14)17-12-6-2-3-7-12/h4-5,8-10,12H,2-3,6-7H2,1H3,(H,17,18,19)/b14-10-. The summed E-state index contributed by atoms with van der Waals surface area (Å²) >= 11 is 1.42. The van der Waals surface area contributed by atoms with Gasteiger partial charge in [-0.15, -0.1) is 0 Å². The molecule has 2 fully saturated rings. The lowest BCUT2D eigenvalue weighted by molar-refractivity contribution is -0.115. The molecule has 110 valence electrons. The minimum Gasteiger partial charge on any atom is -0.497 e. The number of methoxy groups -OCH3 is 1. The third kappa shape index (κ3) is 3.47. The van der Waals surface area contributed by atoms with Crippen molar-refractivity contribution in [3.8, 4) is 5.75 Å². The smallest absolute Gasteiger partial charge is 0.264 e. The van der Waals surface area contributed by atoms with Crippen LogP contribution >= 0.6 is 11.8 Å². The highest BCUT2D eigenvalue weighted by molar-refractivity contribution is 8.18. The van der Waals surface area contributed by atoms with Crippen molar-refractivity contribution in [3.05, 3.63) is 34.7 Å². The second-order valence-electron chi connectivity index (χ2n) is 5.21. The summed E-state index contributed by atoms with van der Waals surface area (Å²) in [6.45, 7) is 0. The van der Waals surface area contributed by atoms with Crippen LogP contribution < -0.4 is 10.1 Å². The summed E-state index contributed by atoms with van der Waals surface area (Å²) in [4.78, 5) is 17.3. The summed E-state index contributed by atoms with van der Waals surface area (Å²) in [5, 5.41) is 3.59. The molecule has 5 heteroatoms. The summed E-state index contributed by atoms with van der Waals surface area (Å²) in [5.41, 5.74) is 0.953. The highest BCUT2D eigenvalue weighted by Crippen LogP contribution is 2.29. The average molecular weight is 302 g/mol. The molecule has 2 aliphatic rings. The van der Waals surface area contributed by atoms with Crippen LogP contribution in [0.25, 0.3) is 6.08 Å². The third-order valence-electron chi connectivity index (χ3n) is 3.67. The van der Waals surface area contributed by atoms with E-state index in [-0.39, 0.29) is 5.91 Å². The van der Waals surface area contributed by atoms with Gasteiger partial charge in [0.25, 0.3) is 5.91 Å². The number of carbonyl (C=O) groups is 1. The molecule has 0 aromatic heterocycles. The first-order valence-electron chi connectivity index (χ1n) is 7.17. The number of aliphatic imine (C=N–C) groups is 1. The van der Waals surface area contributed by atoms with Crippen molar-refractivity contribution < 1.29 is 9.53 Å². The van der Waals surface area contributed by atoms with E-state index in [0.29, 0.717) is 10.9 Å². The van der Waals surface area contributed by atoms with Gasteiger partial charge in [-0.25, -0.2) is 0 Å². The van der Waals surface area contributed by atoms with Gasteiger partial charge in [-0.2, -0.15) is 0 Å². The SMILES string of the molecule is COc1cccc(/C=C2\SC(=NC3CCCC3)NC2=O)c1. The molecule has 0 unspecified atom stereocenters. The predicted octanol–water partition coefficient (Wildman–Crippen LogP) is 3.20. The third-order valence-corrected chi connectivity index (χ3v) is 4.59. The van der Waals surface area contributed by atoms with Crippen molar-refractivity contribution >= 4 is 28.9 Å². The van der Waals surface area contributed by atoms with Gasteiger partial charge in [-0.3, -0.25) is 9.79 Å². The molecule has 0 radical (unpaired) electrons. The van der Waals surface area contributed by atoms with Crippen LogP contribution in [0.4, 0.5) is 0 Å². The van der Waals surface area contributed by atoms with Gasteiger partial charge in [-0.1, -0.05) is 25.0 Å². The normalized spacial score (nSPS) is 23.0. The molecule has 1 aromatic carbocycles. The average Bonchev–Trinajstić information content (AvgIpc) is 3.10. The van der Waals surface area contributed by atoms with Crippen molar-refractivity contribution in [2.24, 2.45) is 4.99 Å². The van der Waals surface area contributed by atoms with Crippen molar-refractivity contribution in [2.75, 3.05) is 7.11 Å².